The number of hydrogen-bond donors (Lipinski definition) is 1. The van der Waals surface area contributed by atoms with Crippen LogP contribution in [0.5, 0.6) is 0 Å². The molecule has 1 amide bonds. The number of piperidine rings is 1. The molecule has 4 atom stereocenters. The van der Waals surface area contributed by atoms with Gasteiger partial charge in [0, 0.05) is 24.2 Å². The number of amides is 1. The van der Waals surface area contributed by atoms with Crippen LogP contribution in [0.3, 0.4) is 0 Å². The molecule has 0 saturated carbocycles. The fraction of sp³-hybridized carbons (Fsp3) is 0.733. The van der Waals surface area contributed by atoms with E-state index < -0.39 is 0 Å². The van der Waals surface area contributed by atoms with Gasteiger partial charge in [-0.05, 0) is 39.0 Å². The van der Waals surface area contributed by atoms with Crippen LogP contribution in [0.1, 0.15) is 39.0 Å². The van der Waals surface area contributed by atoms with Gasteiger partial charge < -0.3 is 15.0 Å². The van der Waals surface area contributed by atoms with Gasteiger partial charge in [-0.2, -0.15) is 0 Å². The number of carbonyl (C=O) groups is 2. The number of nitrogens with one attached hydrogen (secondary N) is 1. The van der Waals surface area contributed by atoms with Gasteiger partial charge in [-0.25, -0.2) is 4.79 Å². The summed E-state index contributed by atoms with van der Waals surface area (Å²) in [4.78, 5) is 26.1. The number of carbonyl (C=O) groups excluding carboxylic acids is 2. The third-order valence-electron chi connectivity index (χ3n) is 5.36. The molecule has 0 unspecified atom stereocenters. The van der Waals surface area contributed by atoms with Gasteiger partial charge in [-0.15, -0.1) is 0 Å². The lowest BCUT2D eigenvalue weighted by molar-refractivity contribution is -0.138. The molecule has 5 heteroatoms. The fourth-order valence-corrected chi connectivity index (χ4v) is 4.71. The van der Waals surface area contributed by atoms with Gasteiger partial charge in [0.2, 0.25) is 5.91 Å². The maximum Gasteiger partial charge on any atom is 0.333 e. The summed E-state index contributed by atoms with van der Waals surface area (Å²) in [5.74, 6) is -0.112. The van der Waals surface area contributed by atoms with E-state index in [4.69, 9.17) is 4.74 Å². The van der Waals surface area contributed by atoms with E-state index in [2.05, 4.69) is 12.2 Å². The molecule has 20 heavy (non-hydrogen) atoms. The van der Waals surface area contributed by atoms with E-state index in [0.29, 0.717) is 12.1 Å². The number of fused-ring (bicyclic) bond motifs is 2. The second-order valence-corrected chi connectivity index (χ2v) is 6.80. The normalized spacial score (nSPS) is 43.4. The van der Waals surface area contributed by atoms with Gasteiger partial charge >= 0.3 is 5.97 Å². The lowest BCUT2D eigenvalue weighted by atomic mass is 9.73. The van der Waals surface area contributed by atoms with Gasteiger partial charge in [0.15, 0.2) is 0 Å². The first-order valence-electron chi connectivity index (χ1n) is 7.54. The first-order chi connectivity index (χ1) is 9.57. The Hall–Kier alpha value is -1.36. The third-order valence-corrected chi connectivity index (χ3v) is 5.36. The molecule has 4 aliphatic heterocycles. The highest BCUT2D eigenvalue weighted by Gasteiger charge is 2.56. The topological polar surface area (TPSA) is 58.6 Å². The van der Waals surface area contributed by atoms with Crippen LogP contribution in [0.25, 0.3) is 0 Å². The zero-order valence-corrected chi connectivity index (χ0v) is 11.7. The number of nitrogens with zero attached hydrogens (tertiary/aromatic N) is 1. The number of rotatable bonds is 1. The van der Waals surface area contributed by atoms with Crippen LogP contribution in [0, 0.1) is 5.41 Å². The minimum absolute atomic E-state index is 0.167. The summed E-state index contributed by atoms with van der Waals surface area (Å²) in [7, 11) is 0. The molecule has 4 heterocycles. The Morgan fingerprint density at radius 1 is 1.25 bits per heavy atom. The highest BCUT2D eigenvalue weighted by Crippen LogP contribution is 2.50. The van der Waals surface area contributed by atoms with Gasteiger partial charge in [-0.1, -0.05) is 0 Å². The standard InChI is InChI=1S/C15H20N2O3/c1-9-5-15(6-10-2-3-11(7-15)16-10)14(19)17(9)12-4-13(18)20-8-12/h4,9-11,16H,2-3,5-8H2,1H3/t9-,10-,11+,15-/m1/s1. The Kier molecular flexibility index (Phi) is 2.52. The predicted octanol–water partition coefficient (Wildman–Crippen LogP) is 0.949. The summed E-state index contributed by atoms with van der Waals surface area (Å²) in [6.45, 7) is 2.33. The molecule has 1 N–H and O–H groups in total. The quantitative estimate of drug-likeness (QED) is 0.724. The van der Waals surface area contributed by atoms with Crippen LogP contribution in [0.15, 0.2) is 11.8 Å². The molecule has 3 saturated heterocycles. The van der Waals surface area contributed by atoms with E-state index in [-0.39, 0.29) is 29.9 Å². The molecule has 3 fully saturated rings. The monoisotopic (exact) mass is 276 g/mol. The summed E-state index contributed by atoms with van der Waals surface area (Å²) in [6.07, 6.45) is 6.67. The highest BCUT2D eigenvalue weighted by atomic mass is 16.5. The lowest BCUT2D eigenvalue weighted by Crippen LogP contribution is -2.48. The number of hydrogen-bond acceptors (Lipinski definition) is 4. The molecule has 0 aromatic carbocycles. The second kappa shape index (κ2) is 4.07. The summed E-state index contributed by atoms with van der Waals surface area (Å²) in [5.41, 5.74) is 0.540. The molecule has 0 aromatic heterocycles. The molecular formula is C15H20N2O3. The highest BCUT2D eigenvalue weighted by molar-refractivity contribution is 5.91. The summed E-state index contributed by atoms with van der Waals surface area (Å²) >= 11 is 0. The minimum Gasteiger partial charge on any atom is -0.456 e. The molecule has 2 bridgehead atoms. The number of likely N-dealkylation sites (tertiary alicyclic amines) is 1. The maximum atomic E-state index is 13.0. The van der Waals surface area contributed by atoms with Crippen molar-refractivity contribution in [1.29, 1.82) is 0 Å². The van der Waals surface area contributed by atoms with Crippen LogP contribution in [-0.2, 0) is 14.3 Å². The first-order valence-corrected chi connectivity index (χ1v) is 7.54. The van der Waals surface area contributed by atoms with E-state index in [0.717, 1.165) is 25.0 Å². The van der Waals surface area contributed by atoms with Crippen molar-refractivity contribution in [1.82, 2.24) is 10.2 Å². The molecule has 4 rings (SSSR count). The molecule has 1 spiro atoms. The molecular weight excluding hydrogens is 256 g/mol. The van der Waals surface area contributed by atoms with Crippen LogP contribution in [0.4, 0.5) is 0 Å². The Bertz CT molecular complexity index is 501. The minimum atomic E-state index is -0.327. The van der Waals surface area contributed by atoms with Crippen LogP contribution in [-0.4, -0.2) is 41.5 Å². The Morgan fingerprint density at radius 3 is 2.55 bits per heavy atom. The van der Waals surface area contributed by atoms with E-state index in [9.17, 15) is 9.59 Å². The number of esters is 1. The summed E-state index contributed by atoms with van der Waals surface area (Å²) in [6, 6.07) is 1.17. The van der Waals surface area contributed by atoms with Crippen molar-refractivity contribution in [3.8, 4) is 0 Å². The Balaban J connectivity index is 1.63. The van der Waals surface area contributed by atoms with Crippen molar-refractivity contribution >= 4 is 11.9 Å². The molecule has 5 nitrogen and oxygen atoms in total. The van der Waals surface area contributed by atoms with E-state index in [1.54, 1.807) is 0 Å². The van der Waals surface area contributed by atoms with Crippen molar-refractivity contribution in [2.24, 2.45) is 5.41 Å². The Labute approximate surface area is 118 Å². The van der Waals surface area contributed by atoms with Gasteiger partial charge in [-0.3, -0.25) is 4.79 Å². The van der Waals surface area contributed by atoms with Crippen molar-refractivity contribution in [3.05, 3.63) is 11.8 Å². The zero-order chi connectivity index (χ0) is 13.9. The number of ether oxygens (including phenoxy) is 1. The van der Waals surface area contributed by atoms with Crippen molar-refractivity contribution < 1.29 is 14.3 Å². The van der Waals surface area contributed by atoms with E-state index >= 15 is 0 Å². The zero-order valence-electron chi connectivity index (χ0n) is 11.7. The van der Waals surface area contributed by atoms with Gasteiger partial charge in [0.25, 0.3) is 0 Å². The average molecular weight is 276 g/mol. The lowest BCUT2D eigenvalue weighted by Gasteiger charge is -2.36. The van der Waals surface area contributed by atoms with Crippen molar-refractivity contribution in [2.45, 2.75) is 57.2 Å². The predicted molar refractivity (Wildman–Crippen MR) is 71.6 cm³/mol. The van der Waals surface area contributed by atoms with Gasteiger partial charge in [0.1, 0.15) is 6.61 Å². The second-order valence-electron chi connectivity index (χ2n) is 6.80. The maximum absolute atomic E-state index is 13.0. The largest absolute Gasteiger partial charge is 0.456 e. The molecule has 0 aromatic rings. The SMILES string of the molecule is C[C@@H]1C[C@]2(C[C@H]3CC[C@@H](C2)N3)C(=O)N1C1=CC(=O)OC1. The number of cyclic esters (lactones) is 1. The van der Waals surface area contributed by atoms with E-state index in [1.165, 1.54) is 18.9 Å². The van der Waals surface area contributed by atoms with Crippen molar-refractivity contribution in [3.63, 3.8) is 0 Å². The molecule has 108 valence electrons. The van der Waals surface area contributed by atoms with Crippen LogP contribution < -0.4 is 5.32 Å². The van der Waals surface area contributed by atoms with E-state index in [1.807, 2.05) is 4.90 Å². The van der Waals surface area contributed by atoms with Crippen LogP contribution in [0.2, 0.25) is 0 Å². The summed E-state index contributed by atoms with van der Waals surface area (Å²) in [5, 5.41) is 3.60. The smallest absolute Gasteiger partial charge is 0.333 e. The third kappa shape index (κ3) is 1.65. The molecule has 4 aliphatic rings. The molecule has 0 aliphatic carbocycles. The van der Waals surface area contributed by atoms with Gasteiger partial charge in [0.05, 0.1) is 11.1 Å². The van der Waals surface area contributed by atoms with Crippen LogP contribution >= 0.6 is 0 Å². The first kappa shape index (κ1) is 12.4. The molecule has 0 radical (unpaired) electrons. The average Bonchev–Trinajstić information content (AvgIpc) is 3.01. The summed E-state index contributed by atoms with van der Waals surface area (Å²) < 4.78 is 4.97. The van der Waals surface area contributed by atoms with Crippen molar-refractivity contribution in [2.75, 3.05) is 6.61 Å². The Morgan fingerprint density at radius 2 is 1.95 bits per heavy atom. The fourth-order valence-electron chi connectivity index (χ4n) is 4.71.